The zero-order chi connectivity index (χ0) is 17.2. The number of amides is 1. The highest BCUT2D eigenvalue weighted by atomic mass is 16.7. The summed E-state index contributed by atoms with van der Waals surface area (Å²) < 4.78 is 15.7. The topological polar surface area (TPSA) is 95.5 Å². The Morgan fingerprint density at radius 2 is 2.00 bits per heavy atom. The molecule has 8 nitrogen and oxygen atoms in total. The van der Waals surface area contributed by atoms with Crippen molar-refractivity contribution in [1.82, 2.24) is 20.5 Å². The SMILES string of the molecule is COc1ccc2nnc(C(=O)NCc3ccc4c(c3)OCO4)nc2c1. The summed E-state index contributed by atoms with van der Waals surface area (Å²) >= 11 is 0. The second-order valence-electron chi connectivity index (χ2n) is 5.36. The van der Waals surface area contributed by atoms with Crippen LogP contribution in [0.5, 0.6) is 17.2 Å². The van der Waals surface area contributed by atoms with Gasteiger partial charge in [-0.3, -0.25) is 4.79 Å². The zero-order valence-electron chi connectivity index (χ0n) is 13.4. The van der Waals surface area contributed by atoms with Crippen LogP contribution in [0.15, 0.2) is 36.4 Å². The van der Waals surface area contributed by atoms with Gasteiger partial charge in [-0.25, -0.2) is 4.98 Å². The monoisotopic (exact) mass is 338 g/mol. The third-order valence-corrected chi connectivity index (χ3v) is 3.75. The largest absolute Gasteiger partial charge is 0.497 e. The Labute approximate surface area is 142 Å². The summed E-state index contributed by atoms with van der Waals surface area (Å²) in [7, 11) is 1.56. The molecule has 4 rings (SSSR count). The van der Waals surface area contributed by atoms with Crippen molar-refractivity contribution in [2.24, 2.45) is 0 Å². The molecule has 0 saturated heterocycles. The van der Waals surface area contributed by atoms with Gasteiger partial charge >= 0.3 is 0 Å². The van der Waals surface area contributed by atoms with Gasteiger partial charge in [-0.15, -0.1) is 10.2 Å². The molecule has 126 valence electrons. The molecule has 0 radical (unpaired) electrons. The van der Waals surface area contributed by atoms with Gasteiger partial charge in [-0.1, -0.05) is 6.07 Å². The predicted octanol–water partition coefficient (Wildman–Crippen LogP) is 1.69. The van der Waals surface area contributed by atoms with E-state index in [0.717, 1.165) is 5.56 Å². The molecule has 0 atom stereocenters. The standard InChI is InChI=1S/C17H14N4O4/c1-23-11-3-4-12-13(7-11)19-16(21-20-12)17(22)18-8-10-2-5-14-15(6-10)25-9-24-14/h2-7H,8-9H2,1H3,(H,18,22). The van der Waals surface area contributed by atoms with Gasteiger partial charge in [0.25, 0.3) is 5.91 Å². The van der Waals surface area contributed by atoms with Crippen molar-refractivity contribution in [2.75, 3.05) is 13.9 Å². The highest BCUT2D eigenvalue weighted by molar-refractivity contribution is 5.91. The Morgan fingerprint density at radius 3 is 2.88 bits per heavy atom. The normalized spacial score (nSPS) is 12.2. The van der Waals surface area contributed by atoms with E-state index in [1.165, 1.54) is 0 Å². The molecule has 0 spiro atoms. The van der Waals surface area contributed by atoms with E-state index in [0.29, 0.717) is 34.8 Å². The Morgan fingerprint density at radius 1 is 1.12 bits per heavy atom. The number of rotatable bonds is 4. The number of hydrogen-bond donors (Lipinski definition) is 1. The van der Waals surface area contributed by atoms with Crippen LogP contribution in [-0.2, 0) is 6.54 Å². The van der Waals surface area contributed by atoms with Crippen molar-refractivity contribution < 1.29 is 19.0 Å². The predicted molar refractivity (Wildman–Crippen MR) is 87.6 cm³/mol. The molecule has 0 bridgehead atoms. The van der Waals surface area contributed by atoms with Crippen molar-refractivity contribution in [3.05, 3.63) is 47.8 Å². The Hall–Kier alpha value is -3.42. The van der Waals surface area contributed by atoms with Gasteiger partial charge in [0.2, 0.25) is 12.6 Å². The van der Waals surface area contributed by atoms with Crippen LogP contribution >= 0.6 is 0 Å². The van der Waals surface area contributed by atoms with Crippen LogP contribution in [0.25, 0.3) is 11.0 Å². The summed E-state index contributed by atoms with van der Waals surface area (Å²) in [6.07, 6.45) is 0. The third-order valence-electron chi connectivity index (χ3n) is 3.75. The third kappa shape index (κ3) is 3.01. The summed E-state index contributed by atoms with van der Waals surface area (Å²) in [5.74, 6) is 1.60. The van der Waals surface area contributed by atoms with E-state index >= 15 is 0 Å². The molecule has 8 heteroatoms. The van der Waals surface area contributed by atoms with Crippen LogP contribution in [0.1, 0.15) is 16.2 Å². The van der Waals surface area contributed by atoms with Gasteiger partial charge in [0, 0.05) is 12.6 Å². The molecule has 1 aliphatic heterocycles. The second kappa shape index (κ2) is 6.23. The van der Waals surface area contributed by atoms with Gasteiger partial charge in [0.1, 0.15) is 11.3 Å². The number of nitrogens with one attached hydrogen (secondary N) is 1. The van der Waals surface area contributed by atoms with E-state index in [1.807, 2.05) is 18.2 Å². The maximum Gasteiger partial charge on any atom is 0.291 e. The minimum absolute atomic E-state index is 0.00139. The summed E-state index contributed by atoms with van der Waals surface area (Å²) in [6, 6.07) is 10.7. The highest BCUT2D eigenvalue weighted by Gasteiger charge is 2.15. The first-order valence-electron chi connectivity index (χ1n) is 7.58. The number of carbonyl (C=O) groups is 1. The Balaban J connectivity index is 1.49. The number of ether oxygens (including phenoxy) is 3. The lowest BCUT2D eigenvalue weighted by molar-refractivity contribution is 0.0939. The number of fused-ring (bicyclic) bond motifs is 2. The van der Waals surface area contributed by atoms with Crippen LogP contribution in [0, 0.1) is 0 Å². The quantitative estimate of drug-likeness (QED) is 0.773. The average molecular weight is 338 g/mol. The number of benzene rings is 2. The zero-order valence-corrected chi connectivity index (χ0v) is 13.4. The average Bonchev–Trinajstić information content (AvgIpc) is 3.13. The Bertz CT molecular complexity index is 961. The van der Waals surface area contributed by atoms with E-state index in [1.54, 1.807) is 25.3 Å². The maximum atomic E-state index is 12.3. The number of carbonyl (C=O) groups excluding carboxylic acids is 1. The lowest BCUT2D eigenvalue weighted by atomic mass is 10.2. The summed E-state index contributed by atoms with van der Waals surface area (Å²) in [5.41, 5.74) is 2.02. The van der Waals surface area contributed by atoms with E-state index in [2.05, 4.69) is 20.5 Å². The summed E-state index contributed by atoms with van der Waals surface area (Å²) in [5, 5.41) is 10.7. The molecule has 2 aromatic carbocycles. The van der Waals surface area contributed by atoms with Crippen LogP contribution in [0.4, 0.5) is 0 Å². The molecule has 0 fully saturated rings. The van der Waals surface area contributed by atoms with Crippen LogP contribution < -0.4 is 19.5 Å². The number of methoxy groups -OCH3 is 1. The van der Waals surface area contributed by atoms with Crippen LogP contribution in [-0.4, -0.2) is 35.0 Å². The van der Waals surface area contributed by atoms with Crippen molar-refractivity contribution in [2.45, 2.75) is 6.54 Å². The molecule has 0 unspecified atom stereocenters. The minimum Gasteiger partial charge on any atom is -0.497 e. The van der Waals surface area contributed by atoms with Gasteiger partial charge in [-0.2, -0.15) is 0 Å². The van der Waals surface area contributed by atoms with E-state index < -0.39 is 5.91 Å². The molecular weight excluding hydrogens is 324 g/mol. The molecular formula is C17H14N4O4. The lowest BCUT2D eigenvalue weighted by Crippen LogP contribution is -2.25. The molecule has 2 heterocycles. The molecule has 25 heavy (non-hydrogen) atoms. The molecule has 3 aromatic rings. The van der Waals surface area contributed by atoms with Crippen molar-refractivity contribution >= 4 is 16.9 Å². The van der Waals surface area contributed by atoms with Crippen molar-refractivity contribution in [3.63, 3.8) is 0 Å². The highest BCUT2D eigenvalue weighted by Crippen LogP contribution is 2.32. The maximum absolute atomic E-state index is 12.3. The van der Waals surface area contributed by atoms with E-state index in [4.69, 9.17) is 14.2 Å². The number of hydrogen-bond acceptors (Lipinski definition) is 7. The molecule has 0 saturated carbocycles. The van der Waals surface area contributed by atoms with Gasteiger partial charge in [0.15, 0.2) is 11.5 Å². The van der Waals surface area contributed by atoms with Crippen LogP contribution in [0.3, 0.4) is 0 Å². The van der Waals surface area contributed by atoms with Gasteiger partial charge < -0.3 is 19.5 Å². The number of nitrogens with zero attached hydrogens (tertiary/aromatic N) is 3. The lowest BCUT2D eigenvalue weighted by Gasteiger charge is -2.06. The first-order chi connectivity index (χ1) is 12.2. The molecule has 1 N–H and O–H groups in total. The van der Waals surface area contributed by atoms with Crippen molar-refractivity contribution in [3.8, 4) is 17.2 Å². The number of aromatic nitrogens is 3. The fraction of sp³-hybridized carbons (Fsp3) is 0.176. The molecule has 1 aromatic heterocycles. The van der Waals surface area contributed by atoms with Crippen LogP contribution in [0.2, 0.25) is 0 Å². The molecule has 0 aliphatic carbocycles. The smallest absolute Gasteiger partial charge is 0.291 e. The van der Waals surface area contributed by atoms with E-state index in [9.17, 15) is 4.79 Å². The second-order valence-corrected chi connectivity index (χ2v) is 5.36. The summed E-state index contributed by atoms with van der Waals surface area (Å²) in [6.45, 7) is 0.528. The fourth-order valence-electron chi connectivity index (χ4n) is 2.45. The first-order valence-corrected chi connectivity index (χ1v) is 7.58. The van der Waals surface area contributed by atoms with Gasteiger partial charge in [0.05, 0.1) is 12.6 Å². The molecule has 1 aliphatic rings. The minimum atomic E-state index is -0.408. The summed E-state index contributed by atoms with van der Waals surface area (Å²) in [4.78, 5) is 16.5. The molecule has 1 amide bonds. The first kappa shape index (κ1) is 15.1. The van der Waals surface area contributed by atoms with Crippen molar-refractivity contribution in [1.29, 1.82) is 0 Å². The fourth-order valence-corrected chi connectivity index (χ4v) is 2.45. The van der Waals surface area contributed by atoms with Gasteiger partial charge in [-0.05, 0) is 29.8 Å². The van der Waals surface area contributed by atoms with E-state index in [-0.39, 0.29) is 12.6 Å². The Kier molecular flexibility index (Phi) is 3.77.